The second-order valence-corrected chi connectivity index (χ2v) is 7.18. The largest absolute Gasteiger partial charge is 0.316 e. The maximum Gasteiger partial charge on any atom is 0.159 e. The van der Waals surface area contributed by atoms with E-state index in [0.717, 1.165) is 37.2 Å². The molecular formula is C18H27N5. The van der Waals surface area contributed by atoms with Crippen LogP contribution in [0.25, 0.3) is 11.2 Å². The van der Waals surface area contributed by atoms with E-state index in [1.54, 1.807) is 0 Å². The van der Waals surface area contributed by atoms with Gasteiger partial charge in [-0.3, -0.25) is 0 Å². The molecule has 5 heteroatoms. The van der Waals surface area contributed by atoms with Crippen molar-refractivity contribution in [3.05, 3.63) is 24.2 Å². The van der Waals surface area contributed by atoms with E-state index in [9.17, 15) is 0 Å². The van der Waals surface area contributed by atoms with E-state index in [4.69, 9.17) is 4.98 Å². The molecule has 0 saturated carbocycles. The van der Waals surface area contributed by atoms with Gasteiger partial charge in [0.05, 0.1) is 0 Å². The minimum absolute atomic E-state index is 0.626. The highest BCUT2D eigenvalue weighted by atomic mass is 15.2. The summed E-state index contributed by atoms with van der Waals surface area (Å²) in [4.78, 5) is 12.1. The molecule has 2 aliphatic heterocycles. The van der Waals surface area contributed by atoms with Crippen LogP contribution >= 0.6 is 0 Å². The summed E-state index contributed by atoms with van der Waals surface area (Å²) in [6.45, 7) is 4.53. The summed E-state index contributed by atoms with van der Waals surface area (Å²) < 4.78 is 2.40. The second-order valence-electron chi connectivity index (χ2n) is 7.18. The molecule has 2 atom stereocenters. The number of imidazole rings is 1. The van der Waals surface area contributed by atoms with Gasteiger partial charge in [-0.15, -0.1) is 0 Å². The third kappa shape index (κ3) is 3.12. The first kappa shape index (κ1) is 15.1. The van der Waals surface area contributed by atoms with Gasteiger partial charge in [-0.2, -0.15) is 0 Å². The van der Waals surface area contributed by atoms with Crippen LogP contribution in [0.2, 0.25) is 0 Å². The third-order valence-electron chi connectivity index (χ3n) is 5.53. The molecule has 2 unspecified atom stereocenters. The minimum atomic E-state index is 0.626. The molecule has 0 aromatic carbocycles. The highest BCUT2D eigenvalue weighted by Gasteiger charge is 2.24. The number of piperidine rings is 1. The molecular weight excluding hydrogens is 286 g/mol. The Morgan fingerprint density at radius 1 is 1.30 bits per heavy atom. The molecule has 0 amide bonds. The number of hydrogen-bond donors (Lipinski definition) is 1. The molecule has 0 radical (unpaired) electrons. The van der Waals surface area contributed by atoms with Crippen molar-refractivity contribution in [1.82, 2.24) is 24.8 Å². The topological polar surface area (TPSA) is 46.0 Å². The van der Waals surface area contributed by atoms with Gasteiger partial charge in [0.2, 0.25) is 0 Å². The number of nitrogens with zero attached hydrogens (tertiary/aromatic N) is 4. The van der Waals surface area contributed by atoms with Gasteiger partial charge in [0.25, 0.3) is 0 Å². The zero-order valence-corrected chi connectivity index (χ0v) is 14.0. The molecule has 0 aliphatic carbocycles. The maximum atomic E-state index is 4.94. The summed E-state index contributed by atoms with van der Waals surface area (Å²) in [5.41, 5.74) is 2.11. The number of pyridine rings is 1. The Morgan fingerprint density at radius 3 is 3.09 bits per heavy atom. The Bertz CT molecular complexity index is 658. The van der Waals surface area contributed by atoms with E-state index in [0.29, 0.717) is 12.0 Å². The van der Waals surface area contributed by atoms with Gasteiger partial charge in [-0.1, -0.05) is 6.42 Å². The molecule has 2 saturated heterocycles. The molecule has 124 valence electrons. The smallest absolute Gasteiger partial charge is 0.159 e. The maximum absolute atomic E-state index is 4.94. The van der Waals surface area contributed by atoms with E-state index in [2.05, 4.69) is 32.9 Å². The summed E-state index contributed by atoms with van der Waals surface area (Å²) in [5.74, 6) is 1.93. The summed E-state index contributed by atoms with van der Waals surface area (Å²) in [6, 6.07) is 4.72. The number of hydrogen-bond acceptors (Lipinski definition) is 4. The number of fused-ring (bicyclic) bond motifs is 1. The number of likely N-dealkylation sites (tertiary alicyclic amines) is 1. The van der Waals surface area contributed by atoms with Crippen LogP contribution in [0.1, 0.15) is 31.5 Å². The summed E-state index contributed by atoms with van der Waals surface area (Å²) in [6.07, 6.45) is 8.17. The molecule has 0 bridgehead atoms. The van der Waals surface area contributed by atoms with Crippen LogP contribution in [0.3, 0.4) is 0 Å². The van der Waals surface area contributed by atoms with E-state index in [1.165, 1.54) is 38.1 Å². The Hall–Kier alpha value is -1.46. The van der Waals surface area contributed by atoms with E-state index < -0.39 is 0 Å². The van der Waals surface area contributed by atoms with Crippen LogP contribution in [0.4, 0.5) is 0 Å². The lowest BCUT2D eigenvalue weighted by Gasteiger charge is -2.32. The van der Waals surface area contributed by atoms with Crippen LogP contribution in [0.5, 0.6) is 0 Å². The van der Waals surface area contributed by atoms with Gasteiger partial charge in [0.15, 0.2) is 5.65 Å². The zero-order chi connectivity index (χ0) is 15.6. The minimum Gasteiger partial charge on any atom is -0.316 e. The number of nitrogens with one attached hydrogen (secondary N) is 1. The lowest BCUT2D eigenvalue weighted by atomic mass is 9.99. The van der Waals surface area contributed by atoms with Crippen molar-refractivity contribution in [1.29, 1.82) is 0 Å². The fourth-order valence-electron chi connectivity index (χ4n) is 4.09. The van der Waals surface area contributed by atoms with Crippen molar-refractivity contribution in [2.75, 3.05) is 26.7 Å². The highest BCUT2D eigenvalue weighted by Crippen LogP contribution is 2.23. The predicted molar refractivity (Wildman–Crippen MR) is 92.5 cm³/mol. The van der Waals surface area contributed by atoms with Crippen molar-refractivity contribution in [2.45, 2.75) is 44.7 Å². The molecule has 2 aliphatic rings. The lowest BCUT2D eigenvalue weighted by Crippen LogP contribution is -2.38. The molecule has 1 N–H and O–H groups in total. The normalized spacial score (nSPS) is 26.1. The number of likely N-dealkylation sites (N-methyl/N-ethyl adjacent to an activating group) is 1. The number of rotatable bonds is 4. The molecule has 2 fully saturated rings. The molecule has 4 heterocycles. The van der Waals surface area contributed by atoms with Crippen molar-refractivity contribution in [3.63, 3.8) is 0 Å². The van der Waals surface area contributed by atoms with E-state index in [-0.39, 0.29) is 0 Å². The van der Waals surface area contributed by atoms with Crippen LogP contribution in [0.15, 0.2) is 18.3 Å². The fraction of sp³-hybridized carbons (Fsp3) is 0.667. The van der Waals surface area contributed by atoms with Gasteiger partial charge in [0.1, 0.15) is 11.3 Å². The van der Waals surface area contributed by atoms with Crippen molar-refractivity contribution < 1.29 is 0 Å². The van der Waals surface area contributed by atoms with Crippen LogP contribution < -0.4 is 5.32 Å². The third-order valence-corrected chi connectivity index (χ3v) is 5.53. The molecule has 4 rings (SSSR count). The van der Waals surface area contributed by atoms with E-state index >= 15 is 0 Å². The highest BCUT2D eigenvalue weighted by molar-refractivity contribution is 5.71. The molecule has 23 heavy (non-hydrogen) atoms. The first-order chi connectivity index (χ1) is 11.3. The SMILES string of the molecule is CN1CCCCC1Cc1nc2cccnc2n1CC1CCNC1. The zero-order valence-electron chi connectivity index (χ0n) is 14.0. The second kappa shape index (κ2) is 6.57. The molecule has 5 nitrogen and oxygen atoms in total. The number of aromatic nitrogens is 3. The van der Waals surface area contributed by atoms with Crippen molar-refractivity contribution in [3.8, 4) is 0 Å². The van der Waals surface area contributed by atoms with Gasteiger partial charge < -0.3 is 14.8 Å². The molecule has 2 aromatic rings. The van der Waals surface area contributed by atoms with Crippen LogP contribution in [-0.2, 0) is 13.0 Å². The van der Waals surface area contributed by atoms with Gasteiger partial charge in [-0.25, -0.2) is 9.97 Å². The first-order valence-electron chi connectivity index (χ1n) is 9.02. The fourth-order valence-corrected chi connectivity index (χ4v) is 4.09. The van der Waals surface area contributed by atoms with Gasteiger partial charge >= 0.3 is 0 Å². The summed E-state index contributed by atoms with van der Waals surface area (Å²) in [5, 5.41) is 3.48. The Kier molecular flexibility index (Phi) is 4.31. The monoisotopic (exact) mass is 313 g/mol. The molecule has 0 spiro atoms. The predicted octanol–water partition coefficient (Wildman–Crippen LogP) is 2.07. The average Bonchev–Trinajstić information content (AvgIpc) is 3.19. The van der Waals surface area contributed by atoms with Crippen molar-refractivity contribution >= 4 is 11.2 Å². The van der Waals surface area contributed by atoms with Crippen LogP contribution in [-0.4, -0.2) is 52.2 Å². The van der Waals surface area contributed by atoms with Crippen molar-refractivity contribution in [2.24, 2.45) is 5.92 Å². The van der Waals surface area contributed by atoms with Crippen LogP contribution in [0, 0.1) is 5.92 Å². The Morgan fingerprint density at radius 2 is 2.26 bits per heavy atom. The quantitative estimate of drug-likeness (QED) is 0.938. The lowest BCUT2D eigenvalue weighted by molar-refractivity contribution is 0.181. The average molecular weight is 313 g/mol. The summed E-state index contributed by atoms with van der Waals surface area (Å²) >= 11 is 0. The molecule has 2 aromatic heterocycles. The van der Waals surface area contributed by atoms with Gasteiger partial charge in [0, 0.05) is 25.2 Å². The van der Waals surface area contributed by atoms with E-state index in [1.807, 2.05) is 12.3 Å². The Labute approximate surface area is 138 Å². The van der Waals surface area contributed by atoms with Gasteiger partial charge in [-0.05, 0) is 64.0 Å². The summed E-state index contributed by atoms with van der Waals surface area (Å²) in [7, 11) is 2.26. The Balaban J connectivity index is 1.63. The standard InChI is InChI=1S/C18H27N5/c1-22-10-3-2-5-15(22)11-17-21-16-6-4-8-20-18(16)23(17)13-14-7-9-19-12-14/h4,6,8,14-15,19H,2-3,5,7,9-13H2,1H3. The first-order valence-corrected chi connectivity index (χ1v) is 9.02.